The first-order valence-corrected chi connectivity index (χ1v) is 46.2. The molecule has 8 unspecified atom stereocenters. The highest BCUT2D eigenvalue weighted by molar-refractivity contribution is 6.29. The summed E-state index contributed by atoms with van der Waals surface area (Å²) in [5.74, 6) is 9.53. The number of nitrogens with zero attached hydrogens (tertiary/aromatic N) is 16. The number of halogens is 4. The number of alkyl halides is 2. The number of anilines is 4. The maximum atomic E-state index is 10.7. The maximum Gasteiger partial charge on any atom is 0.226 e. The van der Waals surface area contributed by atoms with Gasteiger partial charge in [0, 0.05) is 57.6 Å². The second kappa shape index (κ2) is 30.5. The van der Waals surface area contributed by atoms with Gasteiger partial charge in [-0.2, -0.15) is 19.9 Å². The van der Waals surface area contributed by atoms with Crippen molar-refractivity contribution in [2.24, 2.45) is 92.7 Å². The van der Waals surface area contributed by atoms with Crippen molar-refractivity contribution >= 4 is 114 Å². The number of hydrogen-bond donors (Lipinski definition) is 14. The fraction of sp³-hybridized carbons (Fsp3) is 0.762. The number of aliphatic hydroxyl groups excluding tert-OH is 10. The molecule has 16 fully saturated rings. The molecule has 8 aromatic heterocycles. The Bertz CT molecular complexity index is 4670. The molecule has 0 aromatic carbocycles. The Hall–Kier alpha value is -5.84. The number of aromatic nitrogens is 16. The summed E-state index contributed by atoms with van der Waals surface area (Å²) in [6, 6.07) is 0.442. The summed E-state index contributed by atoms with van der Waals surface area (Å²) in [4.78, 5) is 54.3. The van der Waals surface area contributed by atoms with Crippen molar-refractivity contribution in [1.82, 2.24) is 78.1 Å². The van der Waals surface area contributed by atoms with Gasteiger partial charge in [-0.25, -0.2) is 39.9 Å². The summed E-state index contributed by atoms with van der Waals surface area (Å²) in [6.07, 6.45) is 36.7. The lowest BCUT2D eigenvalue weighted by molar-refractivity contribution is -0.0301. The van der Waals surface area contributed by atoms with Gasteiger partial charge in [0.25, 0.3) is 0 Å². The average molecular weight is 1700 g/mol. The van der Waals surface area contributed by atoms with E-state index in [2.05, 4.69) is 81.1 Å². The predicted molar refractivity (Wildman–Crippen MR) is 442 cm³/mol. The largest absolute Gasteiger partial charge is 0.396 e. The summed E-state index contributed by atoms with van der Waals surface area (Å²) < 4.78 is 7.50. The Balaban J connectivity index is 0.0000000978. The summed E-state index contributed by atoms with van der Waals surface area (Å²) >= 11 is 24.9. The van der Waals surface area contributed by atoms with Gasteiger partial charge in [-0.15, -0.1) is 23.2 Å². The lowest BCUT2D eigenvalue weighted by atomic mass is 9.68. The Kier molecular flexibility index (Phi) is 20.5. The fourth-order valence-electron chi connectivity index (χ4n) is 24.4. The SMILES string of the molecule is OC1[C@@H](O)[C@H](n2cnc3c(NC(C4CCC4)C4CCC4)nc(Cl)nc32)C2C[C@@]12CCl.OC1[C@@H](O)[C@H](n2cnc3c(NC(C4CCC4)C4CCC4)ncnc32)C2C[C@@]12CCl.OC[C@@]12CC1[C@@H](n1cnc3c(NC(C4CCC4)C4CCC4)nc(Cl)nc31)[C@H](O)C2O.OC[C@@]12CC1[C@@H](n1cnc3c(NC(C4CCC4)C4CCC4)ncnc31)[C@H](O)C2O. The number of rotatable bonds is 24. The molecule has 8 heterocycles. The third-order valence-electron chi connectivity index (χ3n) is 33.8. The topological polar surface area (TPSA) is 425 Å². The molecule has 8 aromatic rings. The third kappa shape index (κ3) is 12.6. The molecule has 0 spiro atoms. The number of aliphatic hydroxyl groups is 10. The molecule has 24 rings (SSSR count). The molecule has 0 aliphatic heterocycles. The first kappa shape index (κ1) is 79.3. The standard InChI is InChI=1S/C21H27Cl2N5O2.C21H28ClN5O3.C21H28ClN5O2.C21H29N5O3/c22-8-21-7-12(21)15(16(29)17(21)30)28-9-24-14-18(26-20(23)27-19(14)28)25-13(10-3-1-4-10)11-5-2-6-11;22-20-25-18(24-13(10-3-1-4-10)11-5-2-6-11)14-19(26-20)27(9-23-14)15-12-7-21(12,8-28)17(30)16(15)29;22-8-21-7-13(21)16(17(28)18(21)29)27-10-25-15-19(23-9-24-20(15)27)26-14(11-3-1-4-11)12-5-2-6-12;27-8-21-7-13(21)16(17(28)18(21)29)26-10-24-15-19(22-9-23-20(15)26)25-14(11-3-1-4-11)12-5-2-6-12/h9-13,15-17,29-30H,1-8H2,(H,25,26,27);9-13,15-17,28-30H,1-8H2,(H,24,25,26);9-14,16-18,28-29H,1-8H2,(H,23,24,26);9-14,16-18,27-29H,1-8H2,(H,22,23,25)/t2*12?,15-,16+,17?,21+;2*13?,16-,17+,18?,21+/m1111/s1. The van der Waals surface area contributed by atoms with Crippen LogP contribution < -0.4 is 21.3 Å². The molecule has 636 valence electrons. The van der Waals surface area contributed by atoms with Crippen LogP contribution >= 0.6 is 46.4 Å². The summed E-state index contributed by atoms with van der Waals surface area (Å²) in [5.41, 5.74) is 3.41. The highest BCUT2D eigenvalue weighted by atomic mass is 35.5. The van der Waals surface area contributed by atoms with Crippen molar-refractivity contribution in [3.8, 4) is 0 Å². The van der Waals surface area contributed by atoms with E-state index >= 15 is 0 Å². The fourth-order valence-corrected chi connectivity index (χ4v) is 25.6. The van der Waals surface area contributed by atoms with Gasteiger partial charge in [-0.3, -0.25) is 0 Å². The molecular formula is C84H112Cl4N20O10. The van der Waals surface area contributed by atoms with Crippen LogP contribution in [-0.4, -0.2) is 227 Å². The smallest absolute Gasteiger partial charge is 0.226 e. The molecule has 20 atom stereocenters. The molecular weight excluding hydrogens is 1590 g/mol. The van der Waals surface area contributed by atoms with Gasteiger partial charge < -0.3 is 90.6 Å². The van der Waals surface area contributed by atoms with Crippen molar-refractivity contribution in [2.75, 3.05) is 46.2 Å². The monoisotopic (exact) mass is 1700 g/mol. The lowest BCUT2D eigenvalue weighted by Crippen LogP contribution is -2.42. The van der Waals surface area contributed by atoms with Gasteiger partial charge in [0.2, 0.25) is 10.6 Å². The molecule has 16 saturated carbocycles. The lowest BCUT2D eigenvalue weighted by Gasteiger charge is -2.43. The highest BCUT2D eigenvalue weighted by Gasteiger charge is 2.74. The van der Waals surface area contributed by atoms with Crippen LogP contribution in [0.4, 0.5) is 23.3 Å². The van der Waals surface area contributed by atoms with Gasteiger partial charge in [0.15, 0.2) is 56.9 Å². The molecule has 30 nitrogen and oxygen atoms in total. The molecule has 14 N–H and O–H groups in total. The van der Waals surface area contributed by atoms with E-state index in [9.17, 15) is 51.1 Å². The van der Waals surface area contributed by atoms with E-state index in [0.717, 1.165) is 64.8 Å². The zero-order valence-corrected chi connectivity index (χ0v) is 69.4. The number of nitrogens with one attached hydrogen (secondary N) is 4. The zero-order valence-electron chi connectivity index (χ0n) is 66.4. The molecule has 16 aliphatic rings. The molecule has 0 amide bonds. The molecule has 16 aliphatic carbocycles. The second-order valence-corrected chi connectivity index (χ2v) is 40.3. The molecule has 0 radical (unpaired) electrons. The quantitative estimate of drug-likeness (QED) is 0.0197. The van der Waals surface area contributed by atoms with Crippen molar-refractivity contribution < 1.29 is 51.1 Å². The molecule has 0 saturated heterocycles. The zero-order chi connectivity index (χ0) is 80.7. The van der Waals surface area contributed by atoms with E-state index in [1.54, 1.807) is 38.0 Å². The van der Waals surface area contributed by atoms with Crippen molar-refractivity contribution in [3.63, 3.8) is 0 Å². The summed E-state index contributed by atoms with van der Waals surface area (Å²) in [7, 11) is 0. The first-order valence-electron chi connectivity index (χ1n) is 44.3. The van der Waals surface area contributed by atoms with Crippen LogP contribution in [0.5, 0.6) is 0 Å². The minimum Gasteiger partial charge on any atom is -0.396 e. The van der Waals surface area contributed by atoms with Crippen LogP contribution in [0.1, 0.15) is 204 Å². The number of fused-ring (bicyclic) bond motifs is 8. The van der Waals surface area contributed by atoms with Crippen molar-refractivity contribution in [1.29, 1.82) is 0 Å². The Labute approximate surface area is 703 Å². The van der Waals surface area contributed by atoms with Crippen LogP contribution in [0.2, 0.25) is 10.6 Å². The van der Waals surface area contributed by atoms with Crippen LogP contribution in [-0.2, 0) is 0 Å². The van der Waals surface area contributed by atoms with E-state index in [4.69, 9.17) is 46.4 Å². The second-order valence-electron chi connectivity index (χ2n) is 39.1. The van der Waals surface area contributed by atoms with Crippen LogP contribution in [0, 0.1) is 92.7 Å². The Morgan fingerprint density at radius 3 is 0.797 bits per heavy atom. The minimum atomic E-state index is -0.976. The van der Waals surface area contributed by atoms with E-state index in [-0.39, 0.29) is 77.0 Å². The third-order valence-corrected chi connectivity index (χ3v) is 35.1. The maximum absolute atomic E-state index is 10.7. The van der Waals surface area contributed by atoms with E-state index in [1.807, 2.05) is 18.3 Å². The van der Waals surface area contributed by atoms with Crippen LogP contribution in [0.15, 0.2) is 38.0 Å². The van der Waals surface area contributed by atoms with Crippen molar-refractivity contribution in [2.45, 2.75) is 277 Å². The number of hydrogen-bond acceptors (Lipinski definition) is 26. The normalized spacial score (nSPS) is 36.4. The van der Waals surface area contributed by atoms with Crippen molar-refractivity contribution in [3.05, 3.63) is 48.5 Å². The van der Waals surface area contributed by atoms with E-state index < -0.39 is 65.1 Å². The average Bonchev–Trinajstić information content (AvgIpc) is 1.54. The van der Waals surface area contributed by atoms with E-state index in [0.29, 0.717) is 112 Å². The van der Waals surface area contributed by atoms with Gasteiger partial charge in [-0.1, -0.05) is 51.4 Å². The van der Waals surface area contributed by atoms with Gasteiger partial charge in [-0.05, 0) is 223 Å². The van der Waals surface area contributed by atoms with Crippen LogP contribution in [0.3, 0.4) is 0 Å². The molecule has 0 bridgehead atoms. The summed E-state index contributed by atoms with van der Waals surface area (Å²) in [5, 5.41) is 120. The Morgan fingerprint density at radius 2 is 0.559 bits per heavy atom. The highest BCUT2D eigenvalue weighted by Crippen LogP contribution is 2.71. The summed E-state index contributed by atoms with van der Waals surface area (Å²) in [6.45, 7) is -0.239. The van der Waals surface area contributed by atoms with Crippen LogP contribution in [0.25, 0.3) is 44.7 Å². The van der Waals surface area contributed by atoms with Gasteiger partial charge in [0.05, 0.1) is 87.1 Å². The predicted octanol–water partition coefficient (Wildman–Crippen LogP) is 9.73. The molecule has 118 heavy (non-hydrogen) atoms. The Morgan fingerprint density at radius 1 is 0.322 bits per heavy atom. The molecule has 34 heteroatoms. The first-order chi connectivity index (χ1) is 57.3. The van der Waals surface area contributed by atoms with E-state index in [1.165, 1.54) is 154 Å². The number of imidazole rings is 4. The van der Waals surface area contributed by atoms with Gasteiger partial charge in [0.1, 0.15) is 48.1 Å². The van der Waals surface area contributed by atoms with Gasteiger partial charge >= 0.3 is 0 Å². The minimum absolute atomic E-state index is 0.00671.